The number of rotatable bonds is 3. The van der Waals surface area contributed by atoms with Crippen LogP contribution in [0.4, 0.5) is 0 Å². The molecule has 0 aliphatic carbocycles. The average Bonchev–Trinajstić information content (AvgIpc) is 1.77. The zero-order valence-electron chi connectivity index (χ0n) is 7.46. The van der Waals surface area contributed by atoms with Crippen molar-refractivity contribution in [3.8, 4) is 0 Å². The lowest BCUT2D eigenvalue weighted by Gasteiger charge is -2.26. The molecular weight excluding hydrogens is 387 g/mol. The minimum absolute atomic E-state index is 0.608. The molecule has 0 aliphatic rings. The third-order valence-electron chi connectivity index (χ3n) is 1.08. The fourth-order valence-corrected chi connectivity index (χ4v) is 18.2. The Hall–Kier alpha value is 0.930. The maximum absolute atomic E-state index is 11.2. The van der Waals surface area contributed by atoms with Gasteiger partial charge in [0, 0.05) is 40.0 Å². The van der Waals surface area contributed by atoms with Crippen molar-refractivity contribution in [2.45, 2.75) is 0 Å². The lowest BCUT2D eigenvalue weighted by atomic mass is 12.0. The standard InChI is InChI=1S/C3H9IO6S4/c1-11(5,6)14(4,12(2,7)8)13(3,9)10/h1-3H3. The number of hydrogen-bond acceptors (Lipinski definition) is 6. The molecule has 0 rings (SSSR count). The van der Waals surface area contributed by atoms with Crippen LogP contribution in [0.25, 0.3) is 0 Å². The third-order valence-corrected chi connectivity index (χ3v) is 40.7. The molecule has 0 bridgehead atoms. The highest BCUT2D eigenvalue weighted by Crippen LogP contribution is 2.70. The van der Waals surface area contributed by atoms with Crippen molar-refractivity contribution in [3.63, 3.8) is 0 Å². The maximum atomic E-state index is 11.2. The smallest absolute Gasteiger partial charge is 0.215 e. The summed E-state index contributed by atoms with van der Waals surface area (Å²) in [6, 6.07) is 0. The summed E-state index contributed by atoms with van der Waals surface area (Å²) < 4.78 is 63.5. The quantitative estimate of drug-likeness (QED) is 0.492. The molecule has 0 N–H and O–H groups in total. The monoisotopic (exact) mass is 396 g/mol. The Balaban J connectivity index is 6.41. The van der Waals surface area contributed by atoms with Crippen molar-refractivity contribution in [2.75, 3.05) is 18.8 Å². The van der Waals surface area contributed by atoms with Crippen molar-refractivity contribution in [1.82, 2.24) is 0 Å². The molecule has 0 aliphatic heterocycles. The molecule has 6 nitrogen and oxygen atoms in total. The first-order chi connectivity index (χ1) is 5.75. The number of hydrogen-bond donors (Lipinski definition) is 0. The SMILES string of the molecule is CS(=O)(=O)S(I)(S(C)(=O)=O)S(C)(=O)=O. The van der Waals surface area contributed by atoms with Crippen LogP contribution in [0, 0.1) is 0 Å². The summed E-state index contributed by atoms with van der Waals surface area (Å²) in [6.45, 7) is 0. The Bertz CT molecular complexity index is 445. The fraction of sp³-hybridized carbons (Fsp3) is 1.00. The summed E-state index contributed by atoms with van der Waals surface area (Å²) in [5.74, 6) is 0. The number of halogens is 1. The molecule has 88 valence electrons. The molecule has 0 radical (unpaired) electrons. The minimum Gasteiger partial charge on any atom is -0.217 e. The second-order valence-electron chi connectivity index (χ2n) is 2.51. The molecule has 0 fully saturated rings. The predicted octanol–water partition coefficient (Wildman–Crippen LogP) is 0.0198. The minimum atomic E-state index is -4.19. The van der Waals surface area contributed by atoms with Crippen LogP contribution in [-0.2, 0) is 26.6 Å². The molecular formula is C3H9IO6S4. The van der Waals surface area contributed by atoms with Crippen LogP contribution in [-0.4, -0.2) is 44.0 Å². The van der Waals surface area contributed by atoms with Gasteiger partial charge in [-0.1, -0.05) is 0 Å². The molecule has 11 heteroatoms. The van der Waals surface area contributed by atoms with E-state index in [1.54, 1.807) is 0 Å². The molecule has 0 heterocycles. The van der Waals surface area contributed by atoms with Gasteiger partial charge in [0.05, 0.1) is 0 Å². The second kappa shape index (κ2) is 3.75. The second-order valence-corrected chi connectivity index (χ2v) is 28.7. The van der Waals surface area contributed by atoms with Gasteiger partial charge in [0.15, 0.2) is 0 Å². The molecule has 0 aromatic rings. The van der Waals surface area contributed by atoms with E-state index in [2.05, 4.69) is 0 Å². The van der Waals surface area contributed by atoms with Crippen molar-refractivity contribution in [2.24, 2.45) is 0 Å². The molecule has 0 atom stereocenters. The van der Waals surface area contributed by atoms with Crippen LogP contribution in [0.5, 0.6) is 0 Å². The lowest BCUT2D eigenvalue weighted by Crippen LogP contribution is -2.21. The highest BCUT2D eigenvalue weighted by atomic mass is 127. The average molecular weight is 396 g/mol. The highest BCUT2D eigenvalue weighted by molar-refractivity contribution is 14.2. The van der Waals surface area contributed by atoms with Gasteiger partial charge in [0.1, 0.15) is 4.30 Å². The summed E-state index contributed by atoms with van der Waals surface area (Å²) in [5.41, 5.74) is 0. The first-order valence-electron chi connectivity index (χ1n) is 2.88. The molecule has 0 saturated heterocycles. The van der Waals surface area contributed by atoms with Gasteiger partial charge < -0.3 is 0 Å². The van der Waals surface area contributed by atoms with Crippen molar-refractivity contribution in [1.29, 1.82) is 0 Å². The van der Waals surface area contributed by atoms with E-state index < -0.39 is 30.9 Å². The summed E-state index contributed by atoms with van der Waals surface area (Å²) in [6.07, 6.45) is 1.82. The van der Waals surface area contributed by atoms with Crippen LogP contribution in [0.15, 0.2) is 0 Å². The van der Waals surface area contributed by atoms with Gasteiger partial charge in [-0.3, -0.25) is 0 Å². The van der Waals surface area contributed by atoms with E-state index in [4.69, 9.17) is 0 Å². The summed E-state index contributed by atoms with van der Waals surface area (Å²) in [4.78, 5) is 0. The first-order valence-corrected chi connectivity index (χ1v) is 14.3. The van der Waals surface area contributed by atoms with Crippen LogP contribution in [0.1, 0.15) is 0 Å². The first kappa shape index (κ1) is 14.9. The molecule has 0 amide bonds. The van der Waals surface area contributed by atoms with Gasteiger partial charge in [-0.05, 0) is 0 Å². The van der Waals surface area contributed by atoms with Crippen LogP contribution in [0.3, 0.4) is 0 Å². The van der Waals surface area contributed by atoms with E-state index in [1.165, 1.54) is 0 Å². The zero-order chi connectivity index (χ0) is 12.0. The Morgan fingerprint density at radius 2 is 0.786 bits per heavy atom. The van der Waals surface area contributed by atoms with Gasteiger partial charge in [-0.15, -0.1) is 0 Å². The lowest BCUT2D eigenvalue weighted by molar-refractivity contribution is 0.611. The predicted molar refractivity (Wildman–Crippen MR) is 66.1 cm³/mol. The Morgan fingerprint density at radius 1 is 0.643 bits per heavy atom. The fourth-order valence-electron chi connectivity index (χ4n) is 0.674. The molecule has 14 heavy (non-hydrogen) atoms. The van der Waals surface area contributed by atoms with Gasteiger partial charge in [0.2, 0.25) is 26.6 Å². The van der Waals surface area contributed by atoms with E-state index in [0.717, 1.165) is 21.2 Å². The Labute approximate surface area is 95.3 Å². The van der Waals surface area contributed by atoms with Gasteiger partial charge in [-0.2, -0.15) is 0 Å². The Kier molecular flexibility index (Phi) is 4.00. The topological polar surface area (TPSA) is 102 Å². The molecule has 0 saturated carbocycles. The highest BCUT2D eigenvalue weighted by Gasteiger charge is 2.51. The maximum Gasteiger partial charge on any atom is 0.215 e. The van der Waals surface area contributed by atoms with Crippen LogP contribution in [0.2, 0.25) is 0 Å². The van der Waals surface area contributed by atoms with E-state index in [9.17, 15) is 25.3 Å². The zero-order valence-corrected chi connectivity index (χ0v) is 12.9. The van der Waals surface area contributed by atoms with Crippen molar-refractivity contribution >= 4 is 52.1 Å². The van der Waals surface area contributed by atoms with Crippen LogP contribution >= 0.6 is 25.5 Å². The molecule has 0 unspecified atom stereocenters. The van der Waals surface area contributed by atoms with E-state index in [1.807, 2.05) is 0 Å². The largest absolute Gasteiger partial charge is 0.217 e. The Morgan fingerprint density at radius 3 is 0.786 bits per heavy atom. The van der Waals surface area contributed by atoms with Gasteiger partial charge in [0.25, 0.3) is 0 Å². The van der Waals surface area contributed by atoms with Gasteiger partial charge >= 0.3 is 0 Å². The van der Waals surface area contributed by atoms with Crippen molar-refractivity contribution in [3.05, 3.63) is 0 Å². The van der Waals surface area contributed by atoms with E-state index in [0.29, 0.717) is 18.8 Å². The summed E-state index contributed by atoms with van der Waals surface area (Å²) in [7, 11) is -12.6. The third kappa shape index (κ3) is 2.36. The molecule has 0 aromatic carbocycles. The van der Waals surface area contributed by atoms with Crippen molar-refractivity contribution < 1.29 is 25.3 Å². The van der Waals surface area contributed by atoms with E-state index >= 15 is 0 Å². The normalized spacial score (nSPS) is 16.6. The van der Waals surface area contributed by atoms with E-state index in [-0.39, 0.29) is 0 Å². The van der Waals surface area contributed by atoms with Crippen LogP contribution < -0.4 is 0 Å². The van der Waals surface area contributed by atoms with Gasteiger partial charge in [-0.25, -0.2) is 25.3 Å². The summed E-state index contributed by atoms with van der Waals surface area (Å²) in [5, 5.41) is 0. The molecule has 0 aromatic heterocycles. The summed E-state index contributed by atoms with van der Waals surface area (Å²) >= 11 is 1.01. The molecule has 0 spiro atoms.